The van der Waals surface area contributed by atoms with Gasteiger partial charge in [0.15, 0.2) is 0 Å². The predicted molar refractivity (Wildman–Crippen MR) is 94.2 cm³/mol. The van der Waals surface area contributed by atoms with E-state index >= 15 is 0 Å². The van der Waals surface area contributed by atoms with Gasteiger partial charge in [0, 0.05) is 24.3 Å². The first-order valence-electron chi connectivity index (χ1n) is 8.26. The highest BCUT2D eigenvalue weighted by molar-refractivity contribution is 7.11. The molecule has 2 heterocycles. The van der Waals surface area contributed by atoms with Gasteiger partial charge in [-0.1, -0.05) is 12.2 Å². The lowest BCUT2D eigenvalue weighted by Gasteiger charge is -2.24. The summed E-state index contributed by atoms with van der Waals surface area (Å²) in [6.07, 6.45) is 8.05. The topological polar surface area (TPSA) is 66.1 Å². The number of carbonyl (C=O) groups is 1. The van der Waals surface area contributed by atoms with E-state index in [0.29, 0.717) is 11.4 Å². The molecule has 2 aromatic rings. The van der Waals surface area contributed by atoms with Crippen LogP contribution in [0.3, 0.4) is 0 Å². The number of hydrogen-bond donors (Lipinski definition) is 1. The lowest BCUT2D eigenvalue weighted by molar-refractivity contribution is 0.0733. The Balaban J connectivity index is 1.69. The Labute approximate surface area is 144 Å². The highest BCUT2D eigenvalue weighted by atomic mass is 32.1. The van der Waals surface area contributed by atoms with Crippen molar-refractivity contribution in [2.24, 2.45) is 0 Å². The third kappa shape index (κ3) is 2.82. The Hall–Kier alpha value is -2.21. The van der Waals surface area contributed by atoms with E-state index in [4.69, 9.17) is 0 Å². The molecule has 5 nitrogen and oxygen atoms in total. The summed E-state index contributed by atoms with van der Waals surface area (Å²) in [6.45, 7) is 2.35. The standard InChI is InChI=1S/C18H19N3O2S/c1-11-17(24-10-19-11)18(23)21(13-6-7-13)9-12-8-16(22)20-15-5-3-2-4-14(12)15/h2,4,8,10,13H,3,5-7,9H2,1H3,(H,20,22). The minimum atomic E-state index is -0.0868. The molecule has 1 saturated carbocycles. The molecule has 6 heteroatoms. The largest absolute Gasteiger partial charge is 0.331 e. The Bertz CT molecular complexity index is 877. The van der Waals surface area contributed by atoms with Crippen LogP contribution in [-0.4, -0.2) is 26.8 Å². The van der Waals surface area contributed by atoms with Gasteiger partial charge < -0.3 is 9.88 Å². The van der Waals surface area contributed by atoms with Crippen molar-refractivity contribution in [2.45, 2.75) is 45.2 Å². The Morgan fingerprint density at radius 1 is 1.46 bits per heavy atom. The minimum absolute atomic E-state index is 0.0336. The van der Waals surface area contributed by atoms with Crippen LogP contribution in [0.5, 0.6) is 0 Å². The molecule has 24 heavy (non-hydrogen) atoms. The lowest BCUT2D eigenvalue weighted by Crippen LogP contribution is -2.33. The van der Waals surface area contributed by atoms with Crippen molar-refractivity contribution in [3.63, 3.8) is 0 Å². The molecule has 0 saturated heterocycles. The van der Waals surface area contributed by atoms with Crippen LogP contribution in [0, 0.1) is 6.92 Å². The van der Waals surface area contributed by atoms with Crippen molar-refractivity contribution in [3.05, 3.63) is 55.4 Å². The van der Waals surface area contributed by atoms with E-state index in [2.05, 4.69) is 22.1 Å². The summed E-state index contributed by atoms with van der Waals surface area (Å²) in [5.74, 6) is 0.0336. The Morgan fingerprint density at radius 3 is 3.00 bits per heavy atom. The fourth-order valence-electron chi connectivity index (χ4n) is 3.22. The van der Waals surface area contributed by atoms with E-state index in [-0.39, 0.29) is 17.5 Å². The van der Waals surface area contributed by atoms with Gasteiger partial charge in [0.1, 0.15) is 4.88 Å². The molecule has 0 aliphatic heterocycles. The van der Waals surface area contributed by atoms with Crippen molar-refractivity contribution in [1.29, 1.82) is 0 Å². The normalized spacial score (nSPS) is 16.0. The summed E-state index contributed by atoms with van der Waals surface area (Å²) < 4.78 is 0. The first kappa shape index (κ1) is 15.3. The summed E-state index contributed by atoms with van der Waals surface area (Å²) in [4.78, 5) is 34.7. The number of rotatable bonds is 4. The number of carbonyl (C=O) groups excluding carboxylic acids is 1. The summed E-state index contributed by atoms with van der Waals surface area (Å²) in [5.41, 5.74) is 5.40. The monoisotopic (exact) mass is 341 g/mol. The number of nitrogens with one attached hydrogen (secondary N) is 1. The molecule has 2 aromatic heterocycles. The molecule has 1 amide bonds. The lowest BCUT2D eigenvalue weighted by atomic mass is 9.97. The number of allylic oxidation sites excluding steroid dienone is 1. The van der Waals surface area contributed by atoms with E-state index in [1.165, 1.54) is 11.3 Å². The van der Waals surface area contributed by atoms with E-state index in [1.54, 1.807) is 11.6 Å². The average Bonchev–Trinajstić information content (AvgIpc) is 3.32. The number of fused-ring (bicyclic) bond motifs is 1. The SMILES string of the molecule is Cc1ncsc1C(=O)N(Cc1cc(=O)[nH]c2c1C=CCC2)C1CC1. The zero-order valence-corrected chi connectivity index (χ0v) is 14.4. The van der Waals surface area contributed by atoms with Crippen LogP contribution in [0.4, 0.5) is 0 Å². The first-order valence-corrected chi connectivity index (χ1v) is 9.14. The molecule has 1 N–H and O–H groups in total. The second-order valence-electron chi connectivity index (χ2n) is 6.42. The van der Waals surface area contributed by atoms with Gasteiger partial charge in [0.05, 0.1) is 11.2 Å². The molecule has 1 fully saturated rings. The molecule has 4 rings (SSSR count). The maximum Gasteiger partial charge on any atom is 0.266 e. The maximum absolute atomic E-state index is 13.0. The number of aromatic nitrogens is 2. The van der Waals surface area contributed by atoms with E-state index < -0.39 is 0 Å². The molecule has 0 radical (unpaired) electrons. The number of nitrogens with zero attached hydrogens (tertiary/aromatic N) is 2. The van der Waals surface area contributed by atoms with Crippen LogP contribution < -0.4 is 5.56 Å². The number of pyridine rings is 1. The van der Waals surface area contributed by atoms with Crippen molar-refractivity contribution in [2.75, 3.05) is 0 Å². The van der Waals surface area contributed by atoms with Crippen molar-refractivity contribution in [3.8, 4) is 0 Å². The highest BCUT2D eigenvalue weighted by Crippen LogP contribution is 2.32. The molecule has 0 atom stereocenters. The molecular weight excluding hydrogens is 322 g/mol. The Morgan fingerprint density at radius 2 is 2.29 bits per heavy atom. The molecule has 0 spiro atoms. The fourth-order valence-corrected chi connectivity index (χ4v) is 3.98. The van der Waals surface area contributed by atoms with Gasteiger partial charge in [-0.3, -0.25) is 9.59 Å². The van der Waals surface area contributed by atoms with E-state index in [0.717, 1.165) is 48.2 Å². The van der Waals surface area contributed by atoms with Crippen LogP contribution in [0.2, 0.25) is 0 Å². The van der Waals surface area contributed by atoms with Gasteiger partial charge in [-0.15, -0.1) is 11.3 Å². The van der Waals surface area contributed by atoms with Gasteiger partial charge in [0.2, 0.25) is 5.56 Å². The van der Waals surface area contributed by atoms with Crippen molar-refractivity contribution < 1.29 is 4.79 Å². The summed E-state index contributed by atoms with van der Waals surface area (Å²) in [6, 6.07) is 1.91. The summed E-state index contributed by atoms with van der Waals surface area (Å²) >= 11 is 1.39. The maximum atomic E-state index is 13.0. The number of aryl methyl sites for hydroxylation is 2. The number of H-pyrrole nitrogens is 1. The van der Waals surface area contributed by atoms with Gasteiger partial charge >= 0.3 is 0 Å². The summed E-state index contributed by atoms with van der Waals surface area (Å²) in [5, 5.41) is 0. The number of hydrogen-bond acceptors (Lipinski definition) is 4. The third-order valence-corrected chi connectivity index (χ3v) is 5.54. The number of thiazole rings is 1. The third-order valence-electron chi connectivity index (χ3n) is 4.62. The average molecular weight is 341 g/mol. The molecule has 0 bridgehead atoms. The van der Waals surface area contributed by atoms with Crippen LogP contribution >= 0.6 is 11.3 Å². The fraction of sp³-hybridized carbons (Fsp3) is 0.389. The van der Waals surface area contributed by atoms with Crippen LogP contribution in [0.15, 0.2) is 22.4 Å². The molecule has 2 aliphatic rings. The quantitative estimate of drug-likeness (QED) is 0.930. The first-order chi connectivity index (χ1) is 11.6. The highest BCUT2D eigenvalue weighted by Gasteiger charge is 2.34. The van der Waals surface area contributed by atoms with Crippen molar-refractivity contribution in [1.82, 2.24) is 14.9 Å². The van der Waals surface area contributed by atoms with E-state index in [1.807, 2.05) is 11.8 Å². The van der Waals surface area contributed by atoms with E-state index in [9.17, 15) is 9.59 Å². The zero-order valence-electron chi connectivity index (χ0n) is 13.5. The van der Waals surface area contributed by atoms with Gasteiger partial charge in [0.25, 0.3) is 5.91 Å². The molecule has 124 valence electrons. The number of aromatic amines is 1. The second kappa shape index (κ2) is 6.02. The molecule has 2 aliphatic carbocycles. The van der Waals surface area contributed by atoms with Crippen LogP contribution in [0.1, 0.15) is 51.4 Å². The van der Waals surface area contributed by atoms with Gasteiger partial charge in [-0.2, -0.15) is 0 Å². The molecular formula is C18H19N3O2S. The molecule has 0 unspecified atom stereocenters. The van der Waals surface area contributed by atoms with Crippen LogP contribution in [0.25, 0.3) is 6.08 Å². The van der Waals surface area contributed by atoms with Gasteiger partial charge in [-0.25, -0.2) is 4.98 Å². The smallest absolute Gasteiger partial charge is 0.266 e. The second-order valence-corrected chi connectivity index (χ2v) is 7.28. The van der Waals surface area contributed by atoms with Crippen molar-refractivity contribution >= 4 is 23.3 Å². The Kier molecular flexibility index (Phi) is 3.84. The zero-order chi connectivity index (χ0) is 16.7. The predicted octanol–water partition coefficient (Wildman–Crippen LogP) is 2.90. The van der Waals surface area contributed by atoms with Gasteiger partial charge in [-0.05, 0) is 43.7 Å². The van der Waals surface area contributed by atoms with Crippen LogP contribution in [-0.2, 0) is 13.0 Å². The summed E-state index contributed by atoms with van der Waals surface area (Å²) in [7, 11) is 0. The minimum Gasteiger partial charge on any atom is -0.331 e. The molecule has 0 aromatic carbocycles. The number of amides is 1.